The van der Waals surface area contributed by atoms with Crippen molar-refractivity contribution in [2.24, 2.45) is 0 Å². The highest BCUT2D eigenvalue weighted by atomic mass is 16.5. The Morgan fingerprint density at radius 1 is 1.28 bits per heavy atom. The molecule has 1 aromatic rings. The first-order valence-electron chi connectivity index (χ1n) is 6.97. The summed E-state index contributed by atoms with van der Waals surface area (Å²) in [6, 6.07) is 6.70. The fourth-order valence-electron chi connectivity index (χ4n) is 2.62. The maximum absolute atomic E-state index is 6.03. The maximum atomic E-state index is 6.03. The van der Waals surface area contributed by atoms with E-state index in [-0.39, 0.29) is 11.6 Å². The van der Waals surface area contributed by atoms with E-state index in [1.807, 2.05) is 0 Å². The molecule has 0 bridgehead atoms. The van der Waals surface area contributed by atoms with E-state index in [2.05, 4.69) is 51.2 Å². The zero-order valence-electron chi connectivity index (χ0n) is 12.0. The molecule has 0 spiro atoms. The summed E-state index contributed by atoms with van der Waals surface area (Å²) in [6.45, 7) is 10.6. The fraction of sp³-hybridized carbons (Fsp3) is 0.625. The molecule has 0 saturated carbocycles. The molecular formula is C16H25NO. The third kappa shape index (κ3) is 3.12. The molecular weight excluding hydrogens is 222 g/mol. The van der Waals surface area contributed by atoms with E-state index in [1.165, 1.54) is 16.7 Å². The van der Waals surface area contributed by atoms with Crippen LogP contribution in [0.2, 0.25) is 0 Å². The molecule has 18 heavy (non-hydrogen) atoms. The van der Waals surface area contributed by atoms with Crippen molar-refractivity contribution in [1.82, 2.24) is 5.32 Å². The van der Waals surface area contributed by atoms with Crippen molar-refractivity contribution >= 4 is 0 Å². The van der Waals surface area contributed by atoms with Gasteiger partial charge in [-0.3, -0.25) is 0 Å². The standard InChI is InChI=1S/C16H25NO/c1-5-16(4)6-7-18-15(11-17-16)14-9-12(2)8-13(3)10-14/h8-10,15,17H,5-7,11H2,1-4H3. The van der Waals surface area contributed by atoms with Gasteiger partial charge in [0.25, 0.3) is 0 Å². The predicted octanol–water partition coefficient (Wildman–Crippen LogP) is 3.52. The van der Waals surface area contributed by atoms with Gasteiger partial charge < -0.3 is 10.1 Å². The van der Waals surface area contributed by atoms with Crippen LogP contribution in [-0.2, 0) is 4.74 Å². The Bertz CT molecular complexity index is 395. The number of benzene rings is 1. The molecule has 1 aliphatic rings. The van der Waals surface area contributed by atoms with Crippen molar-refractivity contribution in [1.29, 1.82) is 0 Å². The third-order valence-electron chi connectivity index (χ3n) is 4.08. The van der Waals surface area contributed by atoms with E-state index in [0.29, 0.717) is 0 Å². The minimum Gasteiger partial charge on any atom is -0.372 e. The van der Waals surface area contributed by atoms with Crippen LogP contribution < -0.4 is 5.32 Å². The normalized spacial score (nSPS) is 29.0. The summed E-state index contributed by atoms with van der Waals surface area (Å²) in [4.78, 5) is 0. The Kier molecular flexibility index (Phi) is 4.08. The lowest BCUT2D eigenvalue weighted by molar-refractivity contribution is 0.0652. The minimum atomic E-state index is 0.192. The van der Waals surface area contributed by atoms with Gasteiger partial charge in [-0.05, 0) is 39.2 Å². The minimum absolute atomic E-state index is 0.192. The molecule has 100 valence electrons. The van der Waals surface area contributed by atoms with Gasteiger partial charge in [0, 0.05) is 18.7 Å². The van der Waals surface area contributed by atoms with Crippen molar-refractivity contribution in [2.75, 3.05) is 13.2 Å². The Morgan fingerprint density at radius 3 is 2.56 bits per heavy atom. The lowest BCUT2D eigenvalue weighted by Gasteiger charge is -2.27. The first-order chi connectivity index (χ1) is 8.52. The van der Waals surface area contributed by atoms with Crippen LogP contribution in [0.1, 0.15) is 49.5 Å². The van der Waals surface area contributed by atoms with E-state index < -0.39 is 0 Å². The number of nitrogens with one attached hydrogen (secondary N) is 1. The summed E-state index contributed by atoms with van der Waals surface area (Å²) in [5, 5.41) is 3.67. The third-order valence-corrected chi connectivity index (χ3v) is 4.08. The molecule has 2 rings (SSSR count). The van der Waals surface area contributed by atoms with E-state index in [0.717, 1.165) is 26.0 Å². The Labute approximate surface area is 111 Å². The number of rotatable bonds is 2. The molecule has 2 atom stereocenters. The molecule has 2 unspecified atom stereocenters. The second-order valence-electron chi connectivity index (χ2n) is 5.83. The molecule has 2 nitrogen and oxygen atoms in total. The highest BCUT2D eigenvalue weighted by Crippen LogP contribution is 2.26. The summed E-state index contributed by atoms with van der Waals surface area (Å²) in [5.41, 5.74) is 4.17. The zero-order chi connectivity index (χ0) is 13.2. The Hall–Kier alpha value is -0.860. The molecule has 0 amide bonds. The van der Waals surface area contributed by atoms with E-state index >= 15 is 0 Å². The summed E-state index contributed by atoms with van der Waals surface area (Å²) < 4.78 is 6.03. The SMILES string of the molecule is CCC1(C)CCOC(c2cc(C)cc(C)c2)CN1. The highest BCUT2D eigenvalue weighted by molar-refractivity contribution is 5.30. The van der Waals surface area contributed by atoms with Crippen LogP contribution >= 0.6 is 0 Å². The monoisotopic (exact) mass is 247 g/mol. The largest absolute Gasteiger partial charge is 0.372 e. The van der Waals surface area contributed by atoms with Gasteiger partial charge in [0.15, 0.2) is 0 Å². The van der Waals surface area contributed by atoms with Crippen molar-refractivity contribution < 1.29 is 4.74 Å². The van der Waals surface area contributed by atoms with Gasteiger partial charge in [0.2, 0.25) is 0 Å². The van der Waals surface area contributed by atoms with E-state index in [1.54, 1.807) is 0 Å². The van der Waals surface area contributed by atoms with Crippen LogP contribution in [0.5, 0.6) is 0 Å². The van der Waals surface area contributed by atoms with Gasteiger partial charge in [-0.25, -0.2) is 0 Å². The first-order valence-corrected chi connectivity index (χ1v) is 6.97. The molecule has 2 heteroatoms. The van der Waals surface area contributed by atoms with Crippen molar-refractivity contribution in [3.63, 3.8) is 0 Å². The van der Waals surface area contributed by atoms with Crippen LogP contribution in [0.3, 0.4) is 0 Å². The number of hydrogen-bond donors (Lipinski definition) is 1. The number of ether oxygens (including phenoxy) is 1. The van der Waals surface area contributed by atoms with Crippen LogP contribution in [0.25, 0.3) is 0 Å². The topological polar surface area (TPSA) is 21.3 Å². The van der Waals surface area contributed by atoms with Crippen LogP contribution in [0, 0.1) is 13.8 Å². The second-order valence-corrected chi connectivity index (χ2v) is 5.83. The quantitative estimate of drug-likeness (QED) is 0.863. The second kappa shape index (κ2) is 5.41. The van der Waals surface area contributed by atoms with Gasteiger partial charge >= 0.3 is 0 Å². The van der Waals surface area contributed by atoms with Gasteiger partial charge in [0.05, 0.1) is 6.10 Å². The smallest absolute Gasteiger partial charge is 0.0949 e. The highest BCUT2D eigenvalue weighted by Gasteiger charge is 2.27. The molecule has 0 aliphatic carbocycles. The van der Waals surface area contributed by atoms with Crippen LogP contribution in [0.15, 0.2) is 18.2 Å². The molecule has 1 N–H and O–H groups in total. The molecule has 1 saturated heterocycles. The van der Waals surface area contributed by atoms with Crippen molar-refractivity contribution in [3.8, 4) is 0 Å². The molecule has 1 fully saturated rings. The van der Waals surface area contributed by atoms with E-state index in [9.17, 15) is 0 Å². The summed E-state index contributed by atoms with van der Waals surface area (Å²) in [5.74, 6) is 0. The number of hydrogen-bond acceptors (Lipinski definition) is 2. The predicted molar refractivity (Wildman–Crippen MR) is 75.9 cm³/mol. The summed E-state index contributed by atoms with van der Waals surface area (Å²) >= 11 is 0. The lowest BCUT2D eigenvalue weighted by atomic mass is 9.95. The first kappa shape index (κ1) is 13.6. The van der Waals surface area contributed by atoms with E-state index in [4.69, 9.17) is 4.74 Å². The van der Waals surface area contributed by atoms with Crippen LogP contribution in [-0.4, -0.2) is 18.7 Å². The van der Waals surface area contributed by atoms with Gasteiger partial charge in [-0.2, -0.15) is 0 Å². The van der Waals surface area contributed by atoms with Gasteiger partial charge in [-0.1, -0.05) is 36.2 Å². The average molecular weight is 247 g/mol. The molecule has 1 aromatic carbocycles. The fourth-order valence-corrected chi connectivity index (χ4v) is 2.62. The Balaban J connectivity index is 2.14. The van der Waals surface area contributed by atoms with Crippen molar-refractivity contribution in [3.05, 3.63) is 34.9 Å². The zero-order valence-corrected chi connectivity index (χ0v) is 12.0. The molecule has 0 radical (unpaired) electrons. The van der Waals surface area contributed by atoms with Gasteiger partial charge in [-0.15, -0.1) is 0 Å². The lowest BCUT2D eigenvalue weighted by Crippen LogP contribution is -2.42. The number of aryl methyl sites for hydroxylation is 2. The maximum Gasteiger partial charge on any atom is 0.0949 e. The molecule has 1 heterocycles. The van der Waals surface area contributed by atoms with Crippen LogP contribution in [0.4, 0.5) is 0 Å². The molecule has 1 aliphatic heterocycles. The van der Waals surface area contributed by atoms with Gasteiger partial charge in [0.1, 0.15) is 0 Å². The summed E-state index contributed by atoms with van der Waals surface area (Å²) in [7, 11) is 0. The van der Waals surface area contributed by atoms with Crippen molar-refractivity contribution in [2.45, 2.75) is 52.2 Å². The molecule has 0 aromatic heterocycles. The Morgan fingerprint density at radius 2 is 1.94 bits per heavy atom. The average Bonchev–Trinajstić information content (AvgIpc) is 2.51. The summed E-state index contributed by atoms with van der Waals surface area (Å²) in [6.07, 6.45) is 2.43.